The molecule has 0 saturated carbocycles. The Labute approximate surface area is 119 Å². The SMILES string of the molecule is CC(C)COc1ccc(-c2nnc(Cl)o2)cc1[N+](=O)[O-]. The van der Waals surface area contributed by atoms with Gasteiger partial charge in [-0.1, -0.05) is 18.9 Å². The van der Waals surface area contributed by atoms with Crippen molar-refractivity contribution in [1.29, 1.82) is 0 Å². The molecule has 0 N–H and O–H groups in total. The molecule has 2 aromatic rings. The van der Waals surface area contributed by atoms with Gasteiger partial charge in [0.2, 0.25) is 5.89 Å². The number of nitro groups is 1. The van der Waals surface area contributed by atoms with Gasteiger partial charge in [0.15, 0.2) is 5.75 Å². The van der Waals surface area contributed by atoms with Crippen molar-refractivity contribution < 1.29 is 14.1 Å². The standard InChI is InChI=1S/C12H12ClN3O4/c1-7(2)6-19-10-4-3-8(5-9(10)16(17)18)11-14-15-12(13)20-11/h3-5,7H,6H2,1-2H3. The fourth-order valence-electron chi connectivity index (χ4n) is 1.49. The zero-order valence-corrected chi connectivity index (χ0v) is 11.6. The molecule has 0 bridgehead atoms. The zero-order chi connectivity index (χ0) is 14.7. The highest BCUT2D eigenvalue weighted by atomic mass is 35.5. The molecule has 7 nitrogen and oxygen atoms in total. The highest BCUT2D eigenvalue weighted by Crippen LogP contribution is 2.32. The van der Waals surface area contributed by atoms with Crippen LogP contribution in [0.15, 0.2) is 22.6 Å². The quantitative estimate of drug-likeness (QED) is 0.621. The highest BCUT2D eigenvalue weighted by molar-refractivity contribution is 6.27. The maximum atomic E-state index is 11.1. The Morgan fingerprint density at radius 2 is 2.20 bits per heavy atom. The van der Waals surface area contributed by atoms with E-state index in [1.807, 2.05) is 13.8 Å². The first kappa shape index (κ1) is 14.3. The summed E-state index contributed by atoms with van der Waals surface area (Å²) in [5, 5.41) is 18.1. The van der Waals surface area contributed by atoms with E-state index in [4.69, 9.17) is 20.8 Å². The molecular weight excluding hydrogens is 286 g/mol. The van der Waals surface area contributed by atoms with Gasteiger partial charge in [-0.15, -0.1) is 5.10 Å². The van der Waals surface area contributed by atoms with Gasteiger partial charge >= 0.3 is 11.0 Å². The average molecular weight is 298 g/mol. The van der Waals surface area contributed by atoms with E-state index in [2.05, 4.69) is 10.2 Å². The maximum Gasteiger partial charge on any atom is 0.313 e. The maximum absolute atomic E-state index is 11.1. The van der Waals surface area contributed by atoms with Crippen LogP contribution in [0.1, 0.15) is 13.8 Å². The third kappa shape index (κ3) is 3.24. The van der Waals surface area contributed by atoms with E-state index >= 15 is 0 Å². The van der Waals surface area contributed by atoms with Crippen molar-refractivity contribution in [3.05, 3.63) is 33.7 Å². The zero-order valence-electron chi connectivity index (χ0n) is 10.9. The summed E-state index contributed by atoms with van der Waals surface area (Å²) in [7, 11) is 0. The van der Waals surface area contributed by atoms with E-state index in [1.165, 1.54) is 12.1 Å². The van der Waals surface area contributed by atoms with Crippen LogP contribution in [0.2, 0.25) is 5.35 Å². The largest absolute Gasteiger partial charge is 0.487 e. The molecule has 0 unspecified atom stereocenters. The molecule has 0 aliphatic carbocycles. The normalized spacial score (nSPS) is 10.8. The first-order valence-electron chi connectivity index (χ1n) is 5.88. The summed E-state index contributed by atoms with van der Waals surface area (Å²) in [6, 6.07) is 4.43. The molecule has 0 radical (unpaired) electrons. The minimum atomic E-state index is -0.517. The van der Waals surface area contributed by atoms with Crippen LogP contribution < -0.4 is 4.74 Å². The fourth-order valence-corrected chi connectivity index (χ4v) is 1.60. The Bertz CT molecular complexity index is 627. The molecule has 106 valence electrons. The molecule has 20 heavy (non-hydrogen) atoms. The Morgan fingerprint density at radius 3 is 2.75 bits per heavy atom. The van der Waals surface area contributed by atoms with E-state index < -0.39 is 4.92 Å². The van der Waals surface area contributed by atoms with Crippen LogP contribution in [-0.4, -0.2) is 21.7 Å². The second-order valence-corrected chi connectivity index (χ2v) is 4.83. The second kappa shape index (κ2) is 5.87. The summed E-state index contributed by atoms with van der Waals surface area (Å²) >= 11 is 5.53. The predicted octanol–water partition coefficient (Wildman–Crippen LogP) is 3.33. The number of hydrogen-bond acceptors (Lipinski definition) is 6. The highest BCUT2D eigenvalue weighted by Gasteiger charge is 2.19. The van der Waals surface area contributed by atoms with Gasteiger partial charge < -0.3 is 9.15 Å². The number of halogens is 1. The lowest BCUT2D eigenvalue weighted by atomic mass is 10.2. The molecule has 0 saturated heterocycles. The lowest BCUT2D eigenvalue weighted by Gasteiger charge is -2.09. The number of nitro benzene ring substituents is 1. The number of hydrogen-bond donors (Lipinski definition) is 0. The lowest BCUT2D eigenvalue weighted by Crippen LogP contribution is -2.06. The minimum Gasteiger partial charge on any atom is -0.487 e. The van der Waals surface area contributed by atoms with Gasteiger partial charge in [-0.2, -0.15) is 0 Å². The van der Waals surface area contributed by atoms with Crippen molar-refractivity contribution in [2.24, 2.45) is 5.92 Å². The molecule has 0 fully saturated rings. The van der Waals surface area contributed by atoms with Gasteiger partial charge in [0.25, 0.3) is 0 Å². The van der Waals surface area contributed by atoms with Crippen molar-refractivity contribution in [3.8, 4) is 17.2 Å². The molecule has 2 rings (SSSR count). The Kier molecular flexibility index (Phi) is 4.19. The minimum absolute atomic E-state index is 0.119. The van der Waals surface area contributed by atoms with Crippen LogP contribution in [0.5, 0.6) is 5.75 Å². The molecule has 1 aromatic heterocycles. The smallest absolute Gasteiger partial charge is 0.313 e. The van der Waals surface area contributed by atoms with Crippen molar-refractivity contribution in [1.82, 2.24) is 10.2 Å². The van der Waals surface area contributed by atoms with Crippen LogP contribution in [0.25, 0.3) is 11.5 Å². The van der Waals surface area contributed by atoms with E-state index in [0.29, 0.717) is 12.2 Å². The van der Waals surface area contributed by atoms with Crippen LogP contribution in [0.4, 0.5) is 5.69 Å². The first-order chi connectivity index (χ1) is 9.47. The molecule has 1 heterocycles. The third-order valence-electron chi connectivity index (χ3n) is 2.38. The monoisotopic (exact) mass is 297 g/mol. The van der Waals surface area contributed by atoms with E-state index in [9.17, 15) is 10.1 Å². The summed E-state index contributed by atoms with van der Waals surface area (Å²) in [5.74, 6) is 0.593. The van der Waals surface area contributed by atoms with Crippen LogP contribution >= 0.6 is 11.6 Å². The number of aromatic nitrogens is 2. The molecule has 0 spiro atoms. The second-order valence-electron chi connectivity index (χ2n) is 4.50. The fraction of sp³-hybridized carbons (Fsp3) is 0.333. The van der Waals surface area contributed by atoms with Crippen molar-refractivity contribution >= 4 is 17.3 Å². The van der Waals surface area contributed by atoms with E-state index in [0.717, 1.165) is 0 Å². The van der Waals surface area contributed by atoms with Gasteiger partial charge in [-0.05, 0) is 29.7 Å². The summed E-state index contributed by atoms with van der Waals surface area (Å²) in [4.78, 5) is 10.6. The average Bonchev–Trinajstić information content (AvgIpc) is 2.82. The van der Waals surface area contributed by atoms with Gasteiger partial charge in [0.1, 0.15) is 0 Å². The van der Waals surface area contributed by atoms with Crippen molar-refractivity contribution in [2.45, 2.75) is 13.8 Å². The summed E-state index contributed by atoms with van der Waals surface area (Å²) < 4.78 is 10.4. The Hall–Kier alpha value is -2.15. The Morgan fingerprint density at radius 1 is 1.45 bits per heavy atom. The van der Waals surface area contributed by atoms with Crippen LogP contribution in [-0.2, 0) is 0 Å². The number of ether oxygens (including phenoxy) is 1. The van der Waals surface area contributed by atoms with Crippen molar-refractivity contribution in [3.63, 3.8) is 0 Å². The molecule has 8 heteroatoms. The number of rotatable bonds is 5. The Balaban J connectivity index is 2.34. The third-order valence-corrected chi connectivity index (χ3v) is 2.53. The number of nitrogens with zero attached hydrogens (tertiary/aromatic N) is 3. The summed E-state index contributed by atoms with van der Waals surface area (Å²) in [5.41, 5.74) is 0.255. The molecule has 0 atom stereocenters. The van der Waals surface area contributed by atoms with Crippen molar-refractivity contribution in [2.75, 3.05) is 6.61 Å². The molecule has 1 aromatic carbocycles. The molecule has 0 aliphatic heterocycles. The summed E-state index contributed by atoms with van der Waals surface area (Å²) in [6.07, 6.45) is 0. The van der Waals surface area contributed by atoms with E-state index in [-0.39, 0.29) is 28.6 Å². The molecule has 0 aliphatic rings. The van der Waals surface area contributed by atoms with Gasteiger partial charge in [-0.25, -0.2) is 0 Å². The van der Waals surface area contributed by atoms with E-state index in [1.54, 1.807) is 6.07 Å². The molecular formula is C12H12ClN3O4. The first-order valence-corrected chi connectivity index (χ1v) is 6.25. The summed E-state index contributed by atoms with van der Waals surface area (Å²) in [6.45, 7) is 4.31. The van der Waals surface area contributed by atoms with Gasteiger partial charge in [0, 0.05) is 11.6 Å². The topological polar surface area (TPSA) is 91.3 Å². The van der Waals surface area contributed by atoms with Gasteiger partial charge in [0.05, 0.1) is 11.5 Å². The lowest BCUT2D eigenvalue weighted by molar-refractivity contribution is -0.385. The number of benzene rings is 1. The van der Waals surface area contributed by atoms with Crippen LogP contribution in [0, 0.1) is 16.0 Å². The molecule has 0 amide bonds. The van der Waals surface area contributed by atoms with Gasteiger partial charge in [-0.3, -0.25) is 10.1 Å². The van der Waals surface area contributed by atoms with Crippen LogP contribution in [0.3, 0.4) is 0 Å². The predicted molar refractivity (Wildman–Crippen MR) is 71.7 cm³/mol.